The molecular weight excluding hydrogens is 244 g/mol. The van der Waals surface area contributed by atoms with E-state index >= 15 is 0 Å². The number of hydrogen-bond acceptors (Lipinski definition) is 3. The monoisotopic (exact) mass is 256 g/mol. The first-order valence-corrected chi connectivity index (χ1v) is 5.63. The zero-order valence-corrected chi connectivity index (χ0v) is 10.3. The normalized spacial score (nSPS) is 9.95. The van der Waals surface area contributed by atoms with Crippen molar-refractivity contribution >= 4 is 17.6 Å². The van der Waals surface area contributed by atoms with Gasteiger partial charge in [-0.15, -0.1) is 0 Å². The van der Waals surface area contributed by atoms with Crippen LogP contribution >= 0.6 is 0 Å². The summed E-state index contributed by atoms with van der Waals surface area (Å²) in [5.74, 6) is -1.35. The fraction of sp³-hybridized carbons (Fsp3) is 0.0714. The third-order valence-corrected chi connectivity index (χ3v) is 2.66. The number of benzene rings is 1. The largest absolute Gasteiger partial charge is 0.478 e. The highest BCUT2D eigenvalue weighted by molar-refractivity contribution is 6.05. The van der Waals surface area contributed by atoms with Gasteiger partial charge in [0, 0.05) is 18.1 Å². The Morgan fingerprint density at radius 3 is 2.63 bits per heavy atom. The standard InChI is InChI=1S/C14H12N2O3/c1-9-4-5-10(14(18)19)7-12(9)16-13(17)11-3-2-6-15-8-11/h2-8H,1H3,(H,16,17)(H,18,19). The number of pyridine rings is 1. The minimum Gasteiger partial charge on any atom is -0.478 e. The summed E-state index contributed by atoms with van der Waals surface area (Å²) in [6, 6.07) is 7.89. The summed E-state index contributed by atoms with van der Waals surface area (Å²) in [5, 5.41) is 11.6. The highest BCUT2D eigenvalue weighted by Crippen LogP contribution is 2.17. The second-order valence-corrected chi connectivity index (χ2v) is 4.03. The quantitative estimate of drug-likeness (QED) is 0.883. The number of carbonyl (C=O) groups excluding carboxylic acids is 1. The van der Waals surface area contributed by atoms with E-state index in [0.29, 0.717) is 11.3 Å². The van der Waals surface area contributed by atoms with Crippen molar-refractivity contribution in [2.75, 3.05) is 5.32 Å². The molecule has 0 bridgehead atoms. The number of aryl methyl sites for hydroxylation is 1. The molecule has 1 aromatic heterocycles. The lowest BCUT2D eigenvalue weighted by molar-refractivity contribution is 0.0696. The Morgan fingerprint density at radius 2 is 2.00 bits per heavy atom. The average Bonchev–Trinajstić information content (AvgIpc) is 2.42. The van der Waals surface area contributed by atoms with Gasteiger partial charge >= 0.3 is 5.97 Å². The predicted molar refractivity (Wildman–Crippen MR) is 70.3 cm³/mol. The molecule has 0 saturated carbocycles. The van der Waals surface area contributed by atoms with Gasteiger partial charge in [-0.05, 0) is 36.8 Å². The fourth-order valence-electron chi connectivity index (χ4n) is 1.58. The Morgan fingerprint density at radius 1 is 1.21 bits per heavy atom. The van der Waals surface area contributed by atoms with Crippen LogP contribution in [0.25, 0.3) is 0 Å². The van der Waals surface area contributed by atoms with Crippen molar-refractivity contribution in [1.82, 2.24) is 4.98 Å². The van der Waals surface area contributed by atoms with Gasteiger partial charge in [-0.2, -0.15) is 0 Å². The molecule has 5 nitrogen and oxygen atoms in total. The highest BCUT2D eigenvalue weighted by atomic mass is 16.4. The highest BCUT2D eigenvalue weighted by Gasteiger charge is 2.10. The summed E-state index contributed by atoms with van der Waals surface area (Å²) < 4.78 is 0. The molecule has 0 aliphatic rings. The van der Waals surface area contributed by atoms with Crippen LogP contribution in [0.3, 0.4) is 0 Å². The number of aromatic nitrogens is 1. The van der Waals surface area contributed by atoms with Crippen LogP contribution < -0.4 is 5.32 Å². The van der Waals surface area contributed by atoms with Gasteiger partial charge in [0.15, 0.2) is 0 Å². The molecule has 0 aliphatic heterocycles. The van der Waals surface area contributed by atoms with E-state index in [0.717, 1.165) is 5.56 Å². The van der Waals surface area contributed by atoms with Crippen LogP contribution in [0, 0.1) is 6.92 Å². The first-order valence-electron chi connectivity index (χ1n) is 5.63. The number of anilines is 1. The van der Waals surface area contributed by atoms with Crippen molar-refractivity contribution < 1.29 is 14.7 Å². The molecule has 0 aliphatic carbocycles. The maximum Gasteiger partial charge on any atom is 0.335 e. The number of aromatic carboxylic acids is 1. The number of carboxylic acids is 1. The van der Waals surface area contributed by atoms with Crippen molar-refractivity contribution in [3.8, 4) is 0 Å². The summed E-state index contributed by atoms with van der Waals surface area (Å²) in [7, 11) is 0. The maximum atomic E-state index is 11.9. The van der Waals surface area contributed by atoms with Crippen molar-refractivity contribution in [2.24, 2.45) is 0 Å². The molecular formula is C14H12N2O3. The van der Waals surface area contributed by atoms with E-state index in [9.17, 15) is 9.59 Å². The molecule has 19 heavy (non-hydrogen) atoms. The molecule has 2 aromatic rings. The van der Waals surface area contributed by atoms with E-state index in [1.54, 1.807) is 31.3 Å². The second-order valence-electron chi connectivity index (χ2n) is 4.03. The van der Waals surface area contributed by atoms with Crippen LogP contribution in [0.1, 0.15) is 26.3 Å². The molecule has 96 valence electrons. The number of amides is 1. The number of nitrogens with one attached hydrogen (secondary N) is 1. The van der Waals surface area contributed by atoms with Crippen LogP contribution in [0.5, 0.6) is 0 Å². The Balaban J connectivity index is 2.26. The average molecular weight is 256 g/mol. The van der Waals surface area contributed by atoms with Crippen LogP contribution in [0.4, 0.5) is 5.69 Å². The van der Waals surface area contributed by atoms with Crippen molar-refractivity contribution in [3.63, 3.8) is 0 Å². The molecule has 0 spiro atoms. The Bertz CT molecular complexity index is 624. The van der Waals surface area contributed by atoms with E-state index in [1.807, 2.05) is 0 Å². The van der Waals surface area contributed by atoms with Crippen LogP contribution in [0.15, 0.2) is 42.7 Å². The molecule has 2 N–H and O–H groups in total. The minimum absolute atomic E-state index is 0.132. The topological polar surface area (TPSA) is 79.3 Å². The van der Waals surface area contributed by atoms with Crippen LogP contribution in [0.2, 0.25) is 0 Å². The van der Waals surface area contributed by atoms with E-state index in [4.69, 9.17) is 5.11 Å². The fourth-order valence-corrected chi connectivity index (χ4v) is 1.58. The minimum atomic E-state index is -1.03. The van der Waals surface area contributed by atoms with Crippen molar-refractivity contribution in [3.05, 3.63) is 59.4 Å². The Kier molecular flexibility index (Phi) is 3.56. The summed E-state index contributed by atoms with van der Waals surface area (Å²) in [4.78, 5) is 26.7. The van der Waals surface area contributed by atoms with Crippen LogP contribution in [-0.4, -0.2) is 22.0 Å². The molecule has 0 saturated heterocycles. The second kappa shape index (κ2) is 5.30. The van der Waals surface area contributed by atoms with E-state index < -0.39 is 5.97 Å². The third-order valence-electron chi connectivity index (χ3n) is 2.66. The lowest BCUT2D eigenvalue weighted by atomic mass is 10.1. The van der Waals surface area contributed by atoms with Gasteiger partial charge in [-0.25, -0.2) is 4.79 Å². The number of hydrogen-bond donors (Lipinski definition) is 2. The smallest absolute Gasteiger partial charge is 0.335 e. The number of nitrogens with zero attached hydrogens (tertiary/aromatic N) is 1. The summed E-state index contributed by atoms with van der Waals surface area (Å²) in [6.45, 7) is 1.80. The van der Waals surface area contributed by atoms with Crippen LogP contribution in [-0.2, 0) is 0 Å². The third kappa shape index (κ3) is 2.95. The molecule has 5 heteroatoms. The van der Waals surface area contributed by atoms with Gasteiger partial charge in [0.25, 0.3) is 5.91 Å². The van der Waals surface area contributed by atoms with Gasteiger partial charge in [-0.1, -0.05) is 6.07 Å². The first-order chi connectivity index (χ1) is 9.08. The molecule has 0 radical (unpaired) electrons. The molecule has 1 amide bonds. The lowest BCUT2D eigenvalue weighted by Gasteiger charge is -2.09. The number of carbonyl (C=O) groups is 2. The van der Waals surface area contributed by atoms with Gasteiger partial charge in [0.2, 0.25) is 0 Å². The van der Waals surface area contributed by atoms with E-state index in [1.165, 1.54) is 18.3 Å². The van der Waals surface area contributed by atoms with Crippen molar-refractivity contribution in [1.29, 1.82) is 0 Å². The van der Waals surface area contributed by atoms with Gasteiger partial charge in [0.1, 0.15) is 0 Å². The van der Waals surface area contributed by atoms with E-state index in [2.05, 4.69) is 10.3 Å². The van der Waals surface area contributed by atoms with Gasteiger partial charge < -0.3 is 10.4 Å². The maximum absolute atomic E-state index is 11.9. The molecule has 0 fully saturated rings. The Labute approximate surface area is 109 Å². The molecule has 2 rings (SSSR count). The van der Waals surface area contributed by atoms with Gasteiger partial charge in [-0.3, -0.25) is 9.78 Å². The zero-order chi connectivity index (χ0) is 13.8. The van der Waals surface area contributed by atoms with Crippen molar-refractivity contribution in [2.45, 2.75) is 6.92 Å². The lowest BCUT2D eigenvalue weighted by Crippen LogP contribution is -2.13. The predicted octanol–water partition coefficient (Wildman–Crippen LogP) is 2.34. The summed E-state index contributed by atoms with van der Waals surface area (Å²) >= 11 is 0. The first kappa shape index (κ1) is 12.8. The number of carboxylic acid groups (broad SMARTS) is 1. The Hall–Kier alpha value is -2.69. The molecule has 1 heterocycles. The SMILES string of the molecule is Cc1ccc(C(=O)O)cc1NC(=O)c1cccnc1. The molecule has 1 aromatic carbocycles. The van der Waals surface area contributed by atoms with E-state index in [-0.39, 0.29) is 11.5 Å². The summed E-state index contributed by atoms with van der Waals surface area (Å²) in [6.07, 6.45) is 3.03. The van der Waals surface area contributed by atoms with Gasteiger partial charge in [0.05, 0.1) is 11.1 Å². The summed E-state index contributed by atoms with van der Waals surface area (Å²) in [5.41, 5.74) is 1.82. The number of rotatable bonds is 3. The zero-order valence-electron chi connectivity index (χ0n) is 10.3. The molecule has 0 unspecified atom stereocenters. The molecule has 0 atom stereocenters.